The van der Waals surface area contributed by atoms with E-state index in [2.05, 4.69) is 33.8 Å². The van der Waals surface area contributed by atoms with E-state index >= 15 is 0 Å². The molecule has 0 aromatic heterocycles. The number of carbonyl (C=O) groups is 1. The van der Waals surface area contributed by atoms with Crippen molar-refractivity contribution in [1.29, 1.82) is 0 Å². The standard InChI is InChI=1S/C13H20O2Si/c1-9(2)16(10(3)4)12-7-5-11(6-8-12)13(14)15/h5,7,9-10H,6,8H2,1-4H3/p+1. The summed E-state index contributed by atoms with van der Waals surface area (Å²) in [7, 11) is -0.504. The summed E-state index contributed by atoms with van der Waals surface area (Å²) in [6.07, 6.45) is 5.52. The first-order valence-electron chi connectivity index (χ1n) is 5.93. The highest BCUT2D eigenvalue weighted by molar-refractivity contribution is 6.69. The third kappa shape index (κ3) is 3.08. The Bertz CT molecular complexity index is 319. The molecular weight excluding hydrogens is 216 g/mol. The molecule has 0 atom stereocenters. The summed E-state index contributed by atoms with van der Waals surface area (Å²) in [5, 5.41) is 10.4. The smallest absolute Gasteiger partial charge is 0.353 e. The molecule has 0 spiro atoms. The van der Waals surface area contributed by atoms with Gasteiger partial charge >= 0.3 is 14.8 Å². The quantitative estimate of drug-likeness (QED) is 0.759. The Hall–Kier alpha value is -0.833. The van der Waals surface area contributed by atoms with Gasteiger partial charge in [0.1, 0.15) is 0 Å². The van der Waals surface area contributed by atoms with Crippen LogP contribution in [0, 0.1) is 0 Å². The van der Waals surface area contributed by atoms with Crippen LogP contribution in [-0.2, 0) is 4.79 Å². The molecule has 0 radical (unpaired) electrons. The van der Waals surface area contributed by atoms with Crippen molar-refractivity contribution in [2.24, 2.45) is 0 Å². The van der Waals surface area contributed by atoms with E-state index in [9.17, 15) is 4.79 Å². The first kappa shape index (κ1) is 13.2. The SMILES string of the molecule is CC(C)[Si+](C1=CC=C(C(=O)O)CC1)C(C)C. The fourth-order valence-corrected chi connectivity index (χ4v) is 5.97. The van der Waals surface area contributed by atoms with E-state index in [1.165, 1.54) is 5.20 Å². The van der Waals surface area contributed by atoms with Crippen LogP contribution in [0.15, 0.2) is 22.9 Å². The normalized spacial score (nSPS) is 16.1. The average Bonchev–Trinajstić information content (AvgIpc) is 2.17. The lowest BCUT2D eigenvalue weighted by molar-refractivity contribution is -0.132. The van der Waals surface area contributed by atoms with Crippen molar-refractivity contribution >= 4 is 14.8 Å². The van der Waals surface area contributed by atoms with Gasteiger partial charge in [0.25, 0.3) is 0 Å². The van der Waals surface area contributed by atoms with Crippen LogP contribution in [0.1, 0.15) is 40.5 Å². The van der Waals surface area contributed by atoms with Gasteiger partial charge in [0, 0.05) is 12.0 Å². The molecule has 0 saturated carbocycles. The lowest BCUT2D eigenvalue weighted by atomic mass is 10.1. The predicted octanol–water partition coefficient (Wildman–Crippen LogP) is 3.57. The van der Waals surface area contributed by atoms with E-state index in [1.807, 2.05) is 0 Å². The third-order valence-corrected chi connectivity index (χ3v) is 6.69. The van der Waals surface area contributed by atoms with Gasteiger partial charge in [-0.3, -0.25) is 0 Å². The first-order valence-corrected chi connectivity index (χ1v) is 7.59. The van der Waals surface area contributed by atoms with Crippen molar-refractivity contribution in [2.45, 2.75) is 51.6 Å². The summed E-state index contributed by atoms with van der Waals surface area (Å²) in [4.78, 5) is 10.8. The number of rotatable bonds is 4. The Morgan fingerprint density at radius 2 is 1.75 bits per heavy atom. The van der Waals surface area contributed by atoms with E-state index in [-0.39, 0.29) is 0 Å². The molecule has 2 nitrogen and oxygen atoms in total. The summed E-state index contributed by atoms with van der Waals surface area (Å²) >= 11 is 0. The van der Waals surface area contributed by atoms with Crippen LogP contribution in [0.2, 0.25) is 11.1 Å². The molecule has 1 aliphatic rings. The molecule has 1 rings (SSSR count). The van der Waals surface area contributed by atoms with E-state index < -0.39 is 14.8 Å². The second-order valence-corrected chi connectivity index (χ2v) is 8.82. The van der Waals surface area contributed by atoms with Crippen molar-refractivity contribution in [3.63, 3.8) is 0 Å². The summed E-state index contributed by atoms with van der Waals surface area (Å²) in [5.74, 6) is -0.766. The van der Waals surface area contributed by atoms with Gasteiger partial charge in [0.15, 0.2) is 0 Å². The Balaban J connectivity index is 2.86. The van der Waals surface area contributed by atoms with E-state index in [0.717, 1.165) is 17.5 Å². The van der Waals surface area contributed by atoms with Gasteiger partial charge in [0.05, 0.1) is 16.3 Å². The van der Waals surface area contributed by atoms with E-state index in [1.54, 1.807) is 6.08 Å². The molecule has 16 heavy (non-hydrogen) atoms. The molecule has 1 N–H and O–H groups in total. The average molecular weight is 237 g/mol. The predicted molar refractivity (Wildman–Crippen MR) is 69.0 cm³/mol. The molecule has 88 valence electrons. The maximum Gasteiger partial charge on any atom is 0.353 e. The summed E-state index contributed by atoms with van der Waals surface area (Å²) < 4.78 is 0. The highest BCUT2D eigenvalue weighted by atomic mass is 28.3. The van der Waals surface area contributed by atoms with Crippen LogP contribution in [0.4, 0.5) is 0 Å². The Morgan fingerprint density at radius 3 is 2.06 bits per heavy atom. The minimum Gasteiger partial charge on any atom is -0.478 e. The fourth-order valence-electron chi connectivity index (χ4n) is 2.46. The Kier molecular flexibility index (Phi) is 4.53. The van der Waals surface area contributed by atoms with Gasteiger partial charge in [-0.2, -0.15) is 0 Å². The van der Waals surface area contributed by atoms with Crippen molar-refractivity contribution < 1.29 is 9.90 Å². The van der Waals surface area contributed by atoms with Gasteiger partial charge in [-0.25, -0.2) is 4.79 Å². The maximum absolute atomic E-state index is 10.8. The Morgan fingerprint density at radius 1 is 1.19 bits per heavy atom. The zero-order chi connectivity index (χ0) is 12.3. The number of hydrogen-bond acceptors (Lipinski definition) is 1. The monoisotopic (exact) mass is 237 g/mol. The van der Waals surface area contributed by atoms with E-state index in [4.69, 9.17) is 5.11 Å². The van der Waals surface area contributed by atoms with E-state index in [0.29, 0.717) is 12.0 Å². The molecule has 3 heteroatoms. The van der Waals surface area contributed by atoms with Crippen LogP contribution in [-0.4, -0.2) is 19.9 Å². The number of carboxylic acid groups (broad SMARTS) is 1. The molecule has 0 heterocycles. The molecule has 0 aliphatic heterocycles. The summed E-state index contributed by atoms with van der Waals surface area (Å²) in [6.45, 7) is 9.13. The van der Waals surface area contributed by atoms with Crippen molar-refractivity contribution in [1.82, 2.24) is 0 Å². The van der Waals surface area contributed by atoms with Crippen molar-refractivity contribution in [3.05, 3.63) is 22.9 Å². The largest absolute Gasteiger partial charge is 0.478 e. The minimum absolute atomic E-state index is 0.504. The van der Waals surface area contributed by atoms with Gasteiger partial charge in [-0.1, -0.05) is 0 Å². The molecule has 0 bridgehead atoms. The van der Waals surface area contributed by atoms with Gasteiger partial charge in [-0.15, -0.1) is 0 Å². The second-order valence-electron chi connectivity index (χ2n) is 4.95. The molecule has 1 aliphatic carbocycles. The number of aliphatic carboxylic acids is 1. The van der Waals surface area contributed by atoms with Crippen molar-refractivity contribution in [3.8, 4) is 0 Å². The maximum atomic E-state index is 10.8. The second kappa shape index (κ2) is 5.48. The molecule has 0 saturated heterocycles. The van der Waals surface area contributed by atoms with Crippen LogP contribution in [0.5, 0.6) is 0 Å². The summed E-state index contributed by atoms with van der Waals surface area (Å²) in [5.41, 5.74) is 1.99. The molecule has 0 aromatic carbocycles. The molecular formula is C13H21O2Si+. The minimum atomic E-state index is -0.766. The highest BCUT2D eigenvalue weighted by Crippen LogP contribution is 2.31. The molecule has 0 fully saturated rings. The zero-order valence-electron chi connectivity index (χ0n) is 10.6. The lowest BCUT2D eigenvalue weighted by Crippen LogP contribution is -2.25. The van der Waals surface area contributed by atoms with Crippen LogP contribution in [0.25, 0.3) is 0 Å². The molecule has 0 aromatic rings. The molecule has 0 amide bonds. The number of hydrogen-bond donors (Lipinski definition) is 1. The highest BCUT2D eigenvalue weighted by Gasteiger charge is 2.40. The molecule has 0 unspecified atom stereocenters. The van der Waals surface area contributed by atoms with Crippen LogP contribution in [0.3, 0.4) is 0 Å². The summed E-state index contributed by atoms with van der Waals surface area (Å²) in [6, 6.07) is 0. The van der Waals surface area contributed by atoms with Gasteiger partial charge < -0.3 is 5.11 Å². The third-order valence-electron chi connectivity index (χ3n) is 3.04. The number of carboxylic acids is 1. The van der Waals surface area contributed by atoms with Crippen LogP contribution < -0.4 is 0 Å². The topological polar surface area (TPSA) is 37.3 Å². The van der Waals surface area contributed by atoms with Crippen LogP contribution >= 0.6 is 0 Å². The zero-order valence-corrected chi connectivity index (χ0v) is 11.6. The fraction of sp³-hybridized carbons (Fsp3) is 0.615. The van der Waals surface area contributed by atoms with Gasteiger partial charge in [0.2, 0.25) is 0 Å². The number of allylic oxidation sites excluding steroid dienone is 3. The lowest BCUT2D eigenvalue weighted by Gasteiger charge is -2.15. The first-order chi connectivity index (χ1) is 7.43. The van der Waals surface area contributed by atoms with Crippen molar-refractivity contribution in [2.75, 3.05) is 0 Å². The van der Waals surface area contributed by atoms with Gasteiger partial charge in [-0.05, 0) is 46.3 Å². The Labute approximate surface area is 99.7 Å².